The van der Waals surface area contributed by atoms with Crippen LogP contribution in [0.3, 0.4) is 0 Å². The molecule has 7 nitrogen and oxygen atoms in total. The number of fused-ring (bicyclic) bond motifs is 1. The second-order valence-electron chi connectivity index (χ2n) is 8.33. The summed E-state index contributed by atoms with van der Waals surface area (Å²) >= 11 is 1.33. The van der Waals surface area contributed by atoms with Gasteiger partial charge < -0.3 is 14.4 Å². The minimum atomic E-state index is -0.334. The van der Waals surface area contributed by atoms with Crippen molar-refractivity contribution >= 4 is 22.0 Å². The van der Waals surface area contributed by atoms with E-state index in [1.807, 2.05) is 11.0 Å². The third-order valence-corrected chi connectivity index (χ3v) is 7.32. The van der Waals surface area contributed by atoms with Gasteiger partial charge in [0.05, 0.1) is 22.9 Å². The van der Waals surface area contributed by atoms with Gasteiger partial charge in [0.25, 0.3) is 0 Å². The molecule has 4 heterocycles. The molecule has 0 spiro atoms. The van der Waals surface area contributed by atoms with E-state index in [1.54, 1.807) is 42.7 Å². The van der Waals surface area contributed by atoms with E-state index in [4.69, 9.17) is 4.42 Å². The lowest BCUT2D eigenvalue weighted by atomic mass is 10.0. The zero-order valence-electron chi connectivity index (χ0n) is 18.5. The zero-order chi connectivity index (χ0) is 23.9. The van der Waals surface area contributed by atoms with Crippen LogP contribution < -0.4 is 4.90 Å². The van der Waals surface area contributed by atoms with E-state index in [9.17, 15) is 13.9 Å². The average molecular weight is 494 g/mol. The lowest BCUT2D eigenvalue weighted by molar-refractivity contribution is 0.210. The van der Waals surface area contributed by atoms with Gasteiger partial charge in [-0.05, 0) is 42.0 Å². The van der Waals surface area contributed by atoms with Gasteiger partial charge in [-0.15, -0.1) is 5.10 Å². The molecular weight excluding hydrogens is 472 g/mol. The summed E-state index contributed by atoms with van der Waals surface area (Å²) in [5.41, 5.74) is 1.43. The number of furan rings is 1. The summed E-state index contributed by atoms with van der Waals surface area (Å²) in [4.78, 5) is 9.95. The van der Waals surface area contributed by atoms with Crippen LogP contribution in [0.15, 0.2) is 71.3 Å². The van der Waals surface area contributed by atoms with Crippen molar-refractivity contribution in [3.63, 3.8) is 0 Å². The van der Waals surface area contributed by atoms with Crippen LogP contribution in [0.5, 0.6) is 5.88 Å². The van der Waals surface area contributed by atoms with E-state index in [0.717, 1.165) is 5.56 Å². The summed E-state index contributed by atoms with van der Waals surface area (Å²) in [5.74, 6) is 0.320. The van der Waals surface area contributed by atoms with E-state index in [1.165, 1.54) is 34.1 Å². The van der Waals surface area contributed by atoms with Crippen LogP contribution in [-0.4, -0.2) is 50.8 Å². The maximum absolute atomic E-state index is 14.3. The highest BCUT2D eigenvalue weighted by Crippen LogP contribution is 2.41. The first-order valence-corrected chi connectivity index (χ1v) is 12.0. The van der Waals surface area contributed by atoms with Crippen molar-refractivity contribution < 1.29 is 18.3 Å². The van der Waals surface area contributed by atoms with Crippen LogP contribution >= 0.6 is 11.3 Å². The molecule has 0 saturated carbocycles. The quantitative estimate of drug-likeness (QED) is 0.374. The van der Waals surface area contributed by atoms with E-state index in [2.05, 4.69) is 15.0 Å². The van der Waals surface area contributed by atoms with Crippen LogP contribution in [0.1, 0.15) is 16.5 Å². The Morgan fingerprint density at radius 1 is 0.943 bits per heavy atom. The maximum atomic E-state index is 14.3. The number of hydrogen-bond donors (Lipinski definition) is 1. The van der Waals surface area contributed by atoms with Crippen molar-refractivity contribution in [1.29, 1.82) is 0 Å². The molecule has 0 amide bonds. The number of piperazine rings is 1. The fourth-order valence-electron chi connectivity index (χ4n) is 4.54. The van der Waals surface area contributed by atoms with E-state index >= 15 is 0 Å². The van der Waals surface area contributed by atoms with Crippen LogP contribution in [0.25, 0.3) is 16.5 Å². The molecule has 3 aromatic heterocycles. The number of anilines is 1. The molecular formula is C25H21F2N5O2S. The second-order valence-corrected chi connectivity index (χ2v) is 9.33. The minimum absolute atomic E-state index is 0.0128. The largest absolute Gasteiger partial charge is 0.492 e. The Kier molecular flexibility index (Phi) is 5.46. The number of nitrogens with zero attached hydrogens (tertiary/aromatic N) is 5. The summed E-state index contributed by atoms with van der Waals surface area (Å²) < 4.78 is 34.8. The number of thiazole rings is 1. The first-order valence-electron chi connectivity index (χ1n) is 11.2. The predicted octanol–water partition coefficient (Wildman–Crippen LogP) is 4.95. The van der Waals surface area contributed by atoms with E-state index < -0.39 is 0 Å². The summed E-state index contributed by atoms with van der Waals surface area (Å²) in [7, 11) is 0. The second kappa shape index (κ2) is 8.79. The molecule has 1 atom stereocenters. The molecule has 5 aromatic rings. The smallest absolute Gasteiger partial charge is 0.230 e. The van der Waals surface area contributed by atoms with Gasteiger partial charge in [-0.2, -0.15) is 9.50 Å². The highest BCUT2D eigenvalue weighted by molar-refractivity contribution is 7.17. The van der Waals surface area contributed by atoms with Crippen LogP contribution in [-0.2, 0) is 0 Å². The number of aromatic nitrogens is 3. The Hall–Kier alpha value is -3.76. The minimum Gasteiger partial charge on any atom is -0.492 e. The Labute approximate surface area is 203 Å². The molecule has 1 fully saturated rings. The fourth-order valence-corrected chi connectivity index (χ4v) is 5.66. The molecule has 1 N–H and O–H groups in total. The Balaban J connectivity index is 1.34. The number of aromatic hydroxyl groups is 1. The molecule has 1 saturated heterocycles. The molecule has 1 aliphatic heterocycles. The van der Waals surface area contributed by atoms with Crippen molar-refractivity contribution in [1.82, 2.24) is 19.5 Å². The third-order valence-electron chi connectivity index (χ3n) is 6.25. The molecule has 1 aliphatic rings. The third kappa shape index (κ3) is 3.94. The van der Waals surface area contributed by atoms with E-state index in [-0.39, 0.29) is 23.6 Å². The van der Waals surface area contributed by atoms with Crippen molar-refractivity contribution in [2.45, 2.75) is 6.04 Å². The molecule has 10 heteroatoms. The standard InChI is InChI=1S/C25H21F2N5O2S/c26-17-9-7-16(8-10-17)21(31-13-11-30(12-14-31)19-5-2-1-4-18(19)27)22-24(33)32-25(35-22)28-23(29-32)20-6-3-15-34-20/h1-10,15,21,33H,11-14H2. The first-order chi connectivity index (χ1) is 17.1. The topological polar surface area (TPSA) is 70.0 Å². The van der Waals surface area contributed by atoms with Crippen LogP contribution in [0.4, 0.5) is 14.5 Å². The molecule has 0 aliphatic carbocycles. The van der Waals surface area contributed by atoms with Gasteiger partial charge >= 0.3 is 0 Å². The van der Waals surface area contributed by atoms with Gasteiger partial charge in [0.1, 0.15) is 11.6 Å². The van der Waals surface area contributed by atoms with Gasteiger partial charge in [-0.1, -0.05) is 35.6 Å². The van der Waals surface area contributed by atoms with Gasteiger partial charge in [0.2, 0.25) is 16.7 Å². The predicted molar refractivity (Wildman–Crippen MR) is 129 cm³/mol. The lowest BCUT2D eigenvalue weighted by Crippen LogP contribution is -2.48. The number of hydrogen-bond acceptors (Lipinski definition) is 7. The Morgan fingerprint density at radius 3 is 2.40 bits per heavy atom. The maximum Gasteiger partial charge on any atom is 0.230 e. The van der Waals surface area contributed by atoms with Crippen molar-refractivity contribution in [3.05, 3.63) is 89.0 Å². The molecule has 0 bridgehead atoms. The fraction of sp³-hybridized carbons (Fsp3) is 0.200. The summed E-state index contributed by atoms with van der Waals surface area (Å²) in [6.45, 7) is 2.48. The number of para-hydroxylation sites is 1. The average Bonchev–Trinajstić information content (AvgIpc) is 3.60. The Morgan fingerprint density at radius 2 is 1.71 bits per heavy atom. The summed E-state index contributed by atoms with van der Waals surface area (Å²) in [6.07, 6.45) is 1.54. The highest BCUT2D eigenvalue weighted by Gasteiger charge is 2.32. The zero-order valence-corrected chi connectivity index (χ0v) is 19.3. The lowest BCUT2D eigenvalue weighted by Gasteiger charge is -2.40. The summed E-state index contributed by atoms with van der Waals surface area (Å²) in [6, 6.07) is 16.2. The van der Waals surface area contributed by atoms with Gasteiger partial charge in [-0.25, -0.2) is 8.78 Å². The normalized spacial score (nSPS) is 15.7. The molecule has 1 unspecified atom stereocenters. The molecule has 6 rings (SSSR count). The number of rotatable bonds is 5. The SMILES string of the molecule is Oc1c(C(c2ccc(F)cc2)N2CCN(c3ccccc3F)CC2)sc2nc(-c3ccco3)nn12. The van der Waals surface area contributed by atoms with Gasteiger partial charge in [-0.3, -0.25) is 4.90 Å². The number of benzene rings is 2. The molecule has 0 radical (unpaired) electrons. The monoisotopic (exact) mass is 493 g/mol. The van der Waals surface area contributed by atoms with Crippen molar-refractivity contribution in [2.24, 2.45) is 0 Å². The molecule has 2 aromatic carbocycles. The van der Waals surface area contributed by atoms with Gasteiger partial charge in [0.15, 0.2) is 5.76 Å². The highest BCUT2D eigenvalue weighted by atomic mass is 32.1. The molecule has 178 valence electrons. The Bertz CT molecular complexity index is 1460. The summed E-state index contributed by atoms with van der Waals surface area (Å²) in [5, 5.41) is 15.6. The van der Waals surface area contributed by atoms with E-state index in [0.29, 0.717) is 53.3 Å². The van der Waals surface area contributed by atoms with Crippen molar-refractivity contribution in [2.75, 3.05) is 31.1 Å². The molecule has 35 heavy (non-hydrogen) atoms. The van der Waals surface area contributed by atoms with Gasteiger partial charge in [0, 0.05) is 26.2 Å². The number of halogens is 2. The first kappa shape index (κ1) is 21.8. The van der Waals surface area contributed by atoms with Crippen LogP contribution in [0, 0.1) is 11.6 Å². The van der Waals surface area contributed by atoms with Crippen LogP contribution in [0.2, 0.25) is 0 Å². The van der Waals surface area contributed by atoms with Crippen molar-refractivity contribution in [3.8, 4) is 17.5 Å².